The number of aromatic nitrogens is 4. The van der Waals surface area contributed by atoms with E-state index >= 15 is 0 Å². The van der Waals surface area contributed by atoms with E-state index in [1.165, 1.54) is 42.6 Å². The van der Waals surface area contributed by atoms with E-state index in [-0.39, 0.29) is 92.7 Å². The number of alkyl carbamates (subject to hydrolysis) is 3. The van der Waals surface area contributed by atoms with E-state index in [1.54, 1.807) is 87.1 Å². The molecule has 2 aromatic rings. The molecule has 2 heterocycles. The average molecular weight is 986 g/mol. The third kappa shape index (κ3) is 25.7. The molecule has 0 bridgehead atoms. The van der Waals surface area contributed by atoms with Crippen LogP contribution in [0.2, 0.25) is 0 Å². The molecule has 3 aliphatic rings. The first-order chi connectivity index (χ1) is 30.5. The first-order valence-corrected chi connectivity index (χ1v) is 21.0. The molecule has 5 rings (SSSR count). The predicted octanol–water partition coefficient (Wildman–Crippen LogP) is 1.11. The van der Waals surface area contributed by atoms with Crippen molar-refractivity contribution < 1.29 is 129 Å². The molecule has 3 saturated carbocycles. The Morgan fingerprint density at radius 2 is 0.941 bits per heavy atom. The minimum Gasteiger partial charge on any atom is -0.550 e. The molecule has 5 N–H and O–H groups in total. The van der Waals surface area contributed by atoms with Crippen molar-refractivity contribution in [3.05, 3.63) is 49.3 Å². The van der Waals surface area contributed by atoms with Gasteiger partial charge in [-0.05, 0) is 122 Å². The van der Waals surface area contributed by atoms with Crippen LogP contribution >= 0.6 is 0 Å². The van der Waals surface area contributed by atoms with E-state index < -0.39 is 70.1 Å². The summed E-state index contributed by atoms with van der Waals surface area (Å²) in [4.78, 5) is 117. The van der Waals surface area contributed by atoms with Crippen LogP contribution in [0.4, 0.5) is 19.2 Å². The molecule has 23 nitrogen and oxygen atoms in total. The van der Waals surface area contributed by atoms with Crippen LogP contribution in [0.5, 0.6) is 0 Å². The molecular formula is C44H64KN7O16. The first-order valence-electron chi connectivity index (χ1n) is 21.0. The smallest absolute Gasteiger partial charge is 0.550 e. The van der Waals surface area contributed by atoms with Gasteiger partial charge in [-0.1, -0.05) is 0 Å². The van der Waals surface area contributed by atoms with Gasteiger partial charge in [0.1, 0.15) is 63.4 Å². The number of rotatable bonds is 11. The maximum Gasteiger partial charge on any atom is 1.00 e. The third-order valence-electron chi connectivity index (χ3n) is 8.50. The molecule has 0 saturated heterocycles. The van der Waals surface area contributed by atoms with Gasteiger partial charge in [0.25, 0.3) is 0 Å². The van der Waals surface area contributed by atoms with Crippen LogP contribution in [0.15, 0.2) is 49.3 Å². The Kier molecular flexibility index (Phi) is 24.4. The van der Waals surface area contributed by atoms with Gasteiger partial charge in [-0.2, -0.15) is 0 Å². The number of nitrogens with zero attached hydrogens (tertiary/aromatic N) is 4. The fourth-order valence-electron chi connectivity index (χ4n) is 4.99. The average Bonchev–Trinajstić information content (AvgIpc) is 4.09. The van der Waals surface area contributed by atoms with E-state index in [1.807, 2.05) is 0 Å². The number of imidazole rings is 2. The standard InChI is InChI=1S/2C12H19NO4.C9H15NO4.C7H6N4O.C4H6O3.K/c2*1-8(14)7-9(15)12(5-6-12)13-10(16)17-11(2,3)4;1-8(2,3)14-7(13)10-9(4-5-9)6(11)12;12-7(10-3-1-8-5-10)11-4-2-9-6-11;1-3(5)2-4(6)7;/h5-7H2,1-4H3,(H,13,16);7,15H,5-6H2,1-4H3,(H,13,16);4-5H2,1-3H3,(H,10,13)(H,11,12);1-6H;2H2,1H3,(H,6,7);/q;;;;;+1/p-1/b;9-7-;;;;. The molecule has 372 valence electrons. The molecule has 3 fully saturated rings. The van der Waals surface area contributed by atoms with Crippen LogP contribution in [-0.2, 0) is 43.0 Å². The topological polar surface area (TPSA) is 334 Å². The van der Waals surface area contributed by atoms with E-state index in [9.17, 15) is 58.2 Å². The fraction of sp³-hybridized carbons (Fsp3) is 0.591. The summed E-state index contributed by atoms with van der Waals surface area (Å²) in [5.41, 5.74) is -4.49. The Bertz CT molecular complexity index is 2070. The minimum absolute atomic E-state index is 0. The van der Waals surface area contributed by atoms with Crippen molar-refractivity contribution in [2.75, 3.05) is 0 Å². The minimum atomic E-state index is -1.31. The summed E-state index contributed by atoms with van der Waals surface area (Å²) < 4.78 is 17.9. The number of hydrogen-bond acceptors (Lipinski definition) is 17. The van der Waals surface area contributed by atoms with Crippen LogP contribution in [-0.4, -0.2) is 122 Å². The van der Waals surface area contributed by atoms with Gasteiger partial charge in [0.15, 0.2) is 11.6 Å². The van der Waals surface area contributed by atoms with Gasteiger partial charge >= 0.3 is 81.7 Å². The van der Waals surface area contributed by atoms with E-state index in [0.29, 0.717) is 38.5 Å². The zero-order valence-electron chi connectivity index (χ0n) is 41.1. The van der Waals surface area contributed by atoms with Crippen LogP contribution in [0.1, 0.15) is 134 Å². The van der Waals surface area contributed by atoms with Crippen LogP contribution < -0.4 is 72.4 Å². The Morgan fingerprint density at radius 1 is 0.603 bits per heavy atom. The number of carboxylic acids is 2. The molecule has 0 aromatic carbocycles. The van der Waals surface area contributed by atoms with Crippen molar-refractivity contribution in [3.8, 4) is 0 Å². The largest absolute Gasteiger partial charge is 1.00 e. The molecule has 3 amide bonds. The number of amides is 3. The second-order valence-corrected chi connectivity index (χ2v) is 18.8. The number of carboxylic acid groups (broad SMARTS) is 2. The van der Waals surface area contributed by atoms with Gasteiger partial charge in [-0.3, -0.25) is 28.3 Å². The van der Waals surface area contributed by atoms with Crippen molar-refractivity contribution >= 4 is 59.4 Å². The Balaban J connectivity index is 0.000000842. The third-order valence-corrected chi connectivity index (χ3v) is 8.50. The van der Waals surface area contributed by atoms with Crippen molar-refractivity contribution in [1.29, 1.82) is 0 Å². The van der Waals surface area contributed by atoms with Gasteiger partial charge in [0, 0.05) is 43.3 Å². The number of ketones is 4. The second-order valence-electron chi connectivity index (χ2n) is 18.8. The van der Waals surface area contributed by atoms with Gasteiger partial charge in [0.2, 0.25) is 0 Å². The Hall–Kier alpha value is -5.30. The number of Topliss-reactive ketones (excluding diaryl/α,β-unsaturated/α-hetero) is 3. The number of carbonyl (C=O) groups excluding carboxylic acids is 9. The number of nitrogens with one attached hydrogen (secondary N) is 3. The van der Waals surface area contributed by atoms with Gasteiger partial charge in [-0.25, -0.2) is 33.9 Å². The van der Waals surface area contributed by atoms with Crippen molar-refractivity contribution in [2.45, 2.75) is 168 Å². The number of aliphatic hydroxyl groups excluding tert-OH is 1. The molecule has 0 unspecified atom stereocenters. The molecule has 0 radical (unpaired) electrons. The SMILES string of the molecule is CC(=O)/C=C(\O)C1(NC(=O)OC(C)(C)C)CC1.CC(=O)CC(=O)C1(NC(=O)OC(C)(C)C)CC1.CC(=O)CC(=O)[O-].CC(C)(C)OC(=O)NC1(C(=O)O)CC1.O=C(n1ccnc1)n1ccnc1.[K+]. The summed E-state index contributed by atoms with van der Waals surface area (Å²) in [5.74, 6) is -3.45. The number of ether oxygens (including phenoxy) is 3. The summed E-state index contributed by atoms with van der Waals surface area (Å²) in [6.07, 6.45) is 11.2. The second kappa shape index (κ2) is 26.5. The van der Waals surface area contributed by atoms with Crippen LogP contribution in [0.3, 0.4) is 0 Å². The zero-order valence-corrected chi connectivity index (χ0v) is 44.2. The molecular weight excluding hydrogens is 922 g/mol. The Morgan fingerprint density at radius 3 is 1.18 bits per heavy atom. The van der Waals surface area contributed by atoms with Gasteiger partial charge in [-0.15, -0.1) is 0 Å². The molecule has 24 heteroatoms. The van der Waals surface area contributed by atoms with Crippen molar-refractivity contribution in [2.24, 2.45) is 0 Å². The number of allylic oxidation sites excluding steroid dienone is 1. The molecule has 68 heavy (non-hydrogen) atoms. The molecule has 0 spiro atoms. The predicted molar refractivity (Wildman–Crippen MR) is 234 cm³/mol. The van der Waals surface area contributed by atoms with Crippen LogP contribution in [0, 0.1) is 0 Å². The van der Waals surface area contributed by atoms with Gasteiger partial charge < -0.3 is 50.3 Å². The van der Waals surface area contributed by atoms with Gasteiger partial charge in [0.05, 0.1) is 6.42 Å². The number of carbonyl (C=O) groups is 10. The zero-order chi connectivity index (χ0) is 51.8. The fourth-order valence-corrected chi connectivity index (χ4v) is 4.99. The molecule has 2 aromatic heterocycles. The molecule has 0 atom stereocenters. The summed E-state index contributed by atoms with van der Waals surface area (Å²) in [6, 6.07) is -0.190. The van der Waals surface area contributed by atoms with E-state index in [4.69, 9.17) is 19.3 Å². The number of hydrogen-bond donors (Lipinski definition) is 5. The quantitative estimate of drug-likeness (QED) is 0.0692. The summed E-state index contributed by atoms with van der Waals surface area (Å²) in [5, 5.41) is 35.5. The maximum atomic E-state index is 11.7. The number of aliphatic carboxylic acids is 2. The van der Waals surface area contributed by atoms with Crippen molar-refractivity contribution in [3.63, 3.8) is 0 Å². The monoisotopic (exact) mass is 985 g/mol. The van der Waals surface area contributed by atoms with E-state index in [0.717, 1.165) is 6.08 Å². The van der Waals surface area contributed by atoms with Crippen molar-refractivity contribution in [1.82, 2.24) is 35.1 Å². The normalized spacial score (nSPS) is 15.3. The van der Waals surface area contributed by atoms with Crippen LogP contribution in [0.25, 0.3) is 0 Å². The summed E-state index contributed by atoms with van der Waals surface area (Å²) in [6.45, 7) is 19.6. The van der Waals surface area contributed by atoms with E-state index in [2.05, 4.69) is 25.9 Å². The summed E-state index contributed by atoms with van der Waals surface area (Å²) in [7, 11) is 0. The molecule has 0 aliphatic heterocycles. The molecule has 3 aliphatic carbocycles. The number of aliphatic hydroxyl groups is 1. The maximum absolute atomic E-state index is 11.7. The Labute approximate surface area is 437 Å². The first kappa shape index (κ1) is 62.7. The summed E-state index contributed by atoms with van der Waals surface area (Å²) >= 11 is 0.